The Balaban J connectivity index is 2.27. The number of carbonyl (C=O) groups excluding carboxylic acids is 1. The number of amides is 1. The molecule has 0 atom stereocenters. The molecule has 0 aliphatic carbocycles. The highest BCUT2D eigenvalue weighted by Gasteiger charge is 2.17. The second-order valence-electron chi connectivity index (χ2n) is 3.68. The molecular weight excluding hydrogens is 264 g/mol. The number of nitrogen functional groups attached to an aromatic ring is 1. The molecule has 2 aromatic rings. The van der Waals surface area contributed by atoms with Crippen molar-refractivity contribution < 1.29 is 9.72 Å². The predicted octanol–water partition coefficient (Wildman–Crippen LogP) is 0.923. The SMILES string of the molecule is NNc1ccc(C(=O)Nc2cnccn2)cc1[N+](=O)[O-]. The highest BCUT2D eigenvalue weighted by atomic mass is 16.6. The zero-order valence-corrected chi connectivity index (χ0v) is 10.1. The van der Waals surface area contributed by atoms with Crippen LogP contribution >= 0.6 is 0 Å². The molecule has 0 saturated carbocycles. The fourth-order valence-corrected chi connectivity index (χ4v) is 1.50. The second kappa shape index (κ2) is 5.71. The van der Waals surface area contributed by atoms with Gasteiger partial charge < -0.3 is 10.7 Å². The molecule has 0 aliphatic rings. The maximum absolute atomic E-state index is 11.9. The average molecular weight is 274 g/mol. The Labute approximate surface area is 113 Å². The first kappa shape index (κ1) is 13.4. The summed E-state index contributed by atoms with van der Waals surface area (Å²) < 4.78 is 0. The van der Waals surface area contributed by atoms with E-state index in [2.05, 4.69) is 20.7 Å². The summed E-state index contributed by atoms with van der Waals surface area (Å²) in [6, 6.07) is 3.89. The standard InChI is InChI=1S/C11H10N6O3/c12-16-8-2-1-7(5-9(8)17(19)20)11(18)15-10-6-13-3-4-14-10/h1-6,16H,12H2,(H,14,15,18). The van der Waals surface area contributed by atoms with Gasteiger partial charge in [-0.15, -0.1) is 0 Å². The summed E-state index contributed by atoms with van der Waals surface area (Å²) in [7, 11) is 0. The van der Waals surface area contributed by atoms with Crippen LogP contribution in [0.4, 0.5) is 17.2 Å². The molecule has 4 N–H and O–H groups in total. The van der Waals surface area contributed by atoms with Crippen LogP contribution in [0.2, 0.25) is 0 Å². The summed E-state index contributed by atoms with van der Waals surface area (Å²) in [5, 5.41) is 13.3. The molecular formula is C11H10N6O3. The third-order valence-electron chi connectivity index (χ3n) is 2.42. The summed E-state index contributed by atoms with van der Waals surface area (Å²) in [5.74, 6) is 4.89. The third-order valence-corrected chi connectivity index (χ3v) is 2.42. The van der Waals surface area contributed by atoms with Crippen molar-refractivity contribution in [1.82, 2.24) is 9.97 Å². The first-order chi connectivity index (χ1) is 9.61. The van der Waals surface area contributed by atoms with Crippen molar-refractivity contribution in [3.8, 4) is 0 Å². The van der Waals surface area contributed by atoms with E-state index in [-0.39, 0.29) is 22.8 Å². The van der Waals surface area contributed by atoms with Gasteiger partial charge in [-0.25, -0.2) is 4.98 Å². The number of nitro benzene ring substituents is 1. The van der Waals surface area contributed by atoms with Gasteiger partial charge in [-0.3, -0.25) is 25.7 Å². The van der Waals surface area contributed by atoms with E-state index >= 15 is 0 Å². The Bertz CT molecular complexity index is 646. The smallest absolute Gasteiger partial charge is 0.294 e. The summed E-state index contributed by atoms with van der Waals surface area (Å²) in [6.07, 6.45) is 4.24. The topological polar surface area (TPSA) is 136 Å². The minimum atomic E-state index is -0.631. The van der Waals surface area contributed by atoms with Crippen molar-refractivity contribution in [2.45, 2.75) is 0 Å². The van der Waals surface area contributed by atoms with E-state index in [1.54, 1.807) is 0 Å². The molecule has 2 rings (SSSR count). The molecule has 9 nitrogen and oxygen atoms in total. The molecule has 1 amide bonds. The van der Waals surface area contributed by atoms with Gasteiger partial charge in [0.1, 0.15) is 5.69 Å². The van der Waals surface area contributed by atoms with Crippen molar-refractivity contribution in [2.75, 3.05) is 10.7 Å². The van der Waals surface area contributed by atoms with Crippen molar-refractivity contribution in [3.05, 3.63) is 52.5 Å². The lowest BCUT2D eigenvalue weighted by Gasteiger charge is -2.06. The molecule has 0 radical (unpaired) electrons. The number of rotatable bonds is 4. The zero-order valence-electron chi connectivity index (χ0n) is 10.1. The highest BCUT2D eigenvalue weighted by molar-refractivity contribution is 6.04. The van der Waals surface area contributed by atoms with Crippen molar-refractivity contribution in [2.24, 2.45) is 5.84 Å². The summed E-state index contributed by atoms with van der Waals surface area (Å²) >= 11 is 0. The van der Waals surface area contributed by atoms with E-state index in [4.69, 9.17) is 5.84 Å². The normalized spacial score (nSPS) is 9.85. The van der Waals surface area contributed by atoms with Gasteiger partial charge in [-0.2, -0.15) is 0 Å². The number of nitro groups is 1. The van der Waals surface area contributed by atoms with Crippen LogP contribution in [0.25, 0.3) is 0 Å². The van der Waals surface area contributed by atoms with E-state index in [0.29, 0.717) is 0 Å². The van der Waals surface area contributed by atoms with E-state index in [1.807, 2.05) is 0 Å². The average Bonchev–Trinajstić information content (AvgIpc) is 2.47. The molecule has 1 aromatic heterocycles. The number of aromatic nitrogens is 2. The minimum absolute atomic E-state index is 0.112. The van der Waals surface area contributed by atoms with Crippen LogP contribution in [-0.2, 0) is 0 Å². The lowest BCUT2D eigenvalue weighted by atomic mass is 10.1. The van der Waals surface area contributed by atoms with Gasteiger partial charge in [-0.05, 0) is 12.1 Å². The van der Waals surface area contributed by atoms with Crippen LogP contribution in [0.15, 0.2) is 36.8 Å². The maximum atomic E-state index is 11.9. The summed E-state index contributed by atoms with van der Waals surface area (Å²) in [5.41, 5.74) is 2.13. The van der Waals surface area contributed by atoms with E-state index < -0.39 is 10.8 Å². The molecule has 0 unspecified atom stereocenters. The summed E-state index contributed by atoms with van der Waals surface area (Å²) in [6.45, 7) is 0. The van der Waals surface area contributed by atoms with Crippen LogP contribution in [-0.4, -0.2) is 20.8 Å². The molecule has 0 fully saturated rings. The van der Waals surface area contributed by atoms with Crippen LogP contribution in [0.1, 0.15) is 10.4 Å². The number of hydrogen-bond acceptors (Lipinski definition) is 7. The predicted molar refractivity (Wildman–Crippen MR) is 70.9 cm³/mol. The molecule has 0 aliphatic heterocycles. The van der Waals surface area contributed by atoms with Crippen LogP contribution in [0.5, 0.6) is 0 Å². The molecule has 1 aromatic carbocycles. The Morgan fingerprint density at radius 3 is 2.75 bits per heavy atom. The third kappa shape index (κ3) is 2.84. The molecule has 0 spiro atoms. The van der Waals surface area contributed by atoms with Gasteiger partial charge in [0.25, 0.3) is 11.6 Å². The van der Waals surface area contributed by atoms with Crippen LogP contribution < -0.4 is 16.6 Å². The largest absolute Gasteiger partial charge is 0.318 e. The maximum Gasteiger partial charge on any atom is 0.294 e. The molecule has 102 valence electrons. The van der Waals surface area contributed by atoms with E-state index in [9.17, 15) is 14.9 Å². The van der Waals surface area contributed by atoms with E-state index in [0.717, 1.165) is 6.07 Å². The second-order valence-corrected chi connectivity index (χ2v) is 3.68. The fraction of sp³-hybridized carbons (Fsp3) is 0. The number of anilines is 2. The van der Waals surface area contributed by atoms with Gasteiger partial charge in [-0.1, -0.05) is 0 Å². The first-order valence-electron chi connectivity index (χ1n) is 5.44. The summed E-state index contributed by atoms with van der Waals surface area (Å²) in [4.78, 5) is 29.8. The van der Waals surface area contributed by atoms with Crippen LogP contribution in [0.3, 0.4) is 0 Å². The Morgan fingerprint density at radius 1 is 1.35 bits per heavy atom. The molecule has 0 bridgehead atoms. The number of hydrazine groups is 1. The minimum Gasteiger partial charge on any atom is -0.318 e. The highest BCUT2D eigenvalue weighted by Crippen LogP contribution is 2.24. The van der Waals surface area contributed by atoms with Gasteiger partial charge in [0.15, 0.2) is 5.82 Å². The quantitative estimate of drug-likeness (QED) is 0.428. The fourth-order valence-electron chi connectivity index (χ4n) is 1.50. The Morgan fingerprint density at radius 2 is 2.15 bits per heavy atom. The van der Waals surface area contributed by atoms with Crippen molar-refractivity contribution >= 4 is 23.1 Å². The zero-order chi connectivity index (χ0) is 14.5. The number of nitrogens with two attached hydrogens (primary N) is 1. The molecule has 20 heavy (non-hydrogen) atoms. The number of benzene rings is 1. The van der Waals surface area contributed by atoms with Gasteiger partial charge in [0.05, 0.1) is 11.1 Å². The van der Waals surface area contributed by atoms with Crippen molar-refractivity contribution in [3.63, 3.8) is 0 Å². The molecule has 0 saturated heterocycles. The lowest BCUT2D eigenvalue weighted by molar-refractivity contribution is -0.384. The first-order valence-corrected chi connectivity index (χ1v) is 5.44. The lowest BCUT2D eigenvalue weighted by Crippen LogP contribution is -2.14. The van der Waals surface area contributed by atoms with Crippen LogP contribution in [0, 0.1) is 10.1 Å². The van der Waals surface area contributed by atoms with Crippen molar-refractivity contribution in [1.29, 1.82) is 0 Å². The van der Waals surface area contributed by atoms with Gasteiger partial charge in [0.2, 0.25) is 0 Å². The van der Waals surface area contributed by atoms with E-state index in [1.165, 1.54) is 30.7 Å². The molecule has 1 heterocycles. The Kier molecular flexibility index (Phi) is 3.82. The van der Waals surface area contributed by atoms with Gasteiger partial charge >= 0.3 is 0 Å². The van der Waals surface area contributed by atoms with Gasteiger partial charge in [0, 0.05) is 24.0 Å². The number of hydrogen-bond donors (Lipinski definition) is 3. The molecule has 9 heteroatoms. The number of carbonyl (C=O) groups is 1. The Hall–Kier alpha value is -3.07. The monoisotopic (exact) mass is 274 g/mol. The number of nitrogens with one attached hydrogen (secondary N) is 2. The number of nitrogens with zero attached hydrogens (tertiary/aromatic N) is 3.